The van der Waals surface area contributed by atoms with Gasteiger partial charge in [0.25, 0.3) is 11.7 Å². The smallest absolute Gasteiger partial charge is 0.300 e. The van der Waals surface area contributed by atoms with Gasteiger partial charge < -0.3 is 14.6 Å². The fourth-order valence-electron chi connectivity index (χ4n) is 4.28. The number of benzene rings is 3. The van der Waals surface area contributed by atoms with Gasteiger partial charge in [0.2, 0.25) is 0 Å². The Balaban J connectivity index is 2.04. The molecule has 1 saturated heterocycles. The molecule has 6 heteroatoms. The summed E-state index contributed by atoms with van der Waals surface area (Å²) in [6.07, 6.45) is 0. The van der Waals surface area contributed by atoms with Gasteiger partial charge in [0, 0.05) is 5.69 Å². The molecular formula is C27H25NO5. The van der Waals surface area contributed by atoms with E-state index in [9.17, 15) is 14.7 Å². The largest absolute Gasteiger partial charge is 0.506 e. The van der Waals surface area contributed by atoms with Crippen molar-refractivity contribution in [1.29, 1.82) is 0 Å². The second kappa shape index (κ2) is 8.82. The number of amides is 1. The molecule has 0 aromatic heterocycles. The molecule has 3 aromatic carbocycles. The normalized spacial score (nSPS) is 17.3. The molecule has 1 amide bonds. The summed E-state index contributed by atoms with van der Waals surface area (Å²) in [6.45, 7) is 3.83. The van der Waals surface area contributed by atoms with Crippen LogP contribution in [-0.4, -0.2) is 31.0 Å². The first-order valence-electron chi connectivity index (χ1n) is 10.5. The third-order valence-electron chi connectivity index (χ3n) is 5.87. The van der Waals surface area contributed by atoms with Crippen LogP contribution in [0, 0.1) is 13.8 Å². The monoisotopic (exact) mass is 443 g/mol. The van der Waals surface area contributed by atoms with Crippen LogP contribution >= 0.6 is 0 Å². The molecule has 1 N–H and O–H groups in total. The lowest BCUT2D eigenvalue weighted by Gasteiger charge is -2.27. The number of aryl methyl sites for hydroxylation is 2. The van der Waals surface area contributed by atoms with Crippen LogP contribution in [0.15, 0.2) is 72.3 Å². The van der Waals surface area contributed by atoms with E-state index in [4.69, 9.17) is 9.47 Å². The summed E-state index contributed by atoms with van der Waals surface area (Å²) in [7, 11) is 2.94. The lowest BCUT2D eigenvalue weighted by Crippen LogP contribution is -2.29. The van der Waals surface area contributed by atoms with Crippen LogP contribution < -0.4 is 14.4 Å². The standard InChI is InChI=1S/C27H25NO5/c1-16-9-7-11-18(15-16)28-24(19-12-6-5-10-17(19)2)23(26(30)27(28)31)25(29)22-20(32-3)13-8-14-21(22)33-4/h5-15,24,29H,1-4H3/b25-23+. The minimum Gasteiger partial charge on any atom is -0.506 e. The van der Waals surface area contributed by atoms with Crippen molar-refractivity contribution in [3.05, 3.63) is 94.6 Å². The first kappa shape index (κ1) is 22.1. The first-order chi connectivity index (χ1) is 15.9. The predicted molar refractivity (Wildman–Crippen MR) is 127 cm³/mol. The Morgan fingerprint density at radius 3 is 2.12 bits per heavy atom. The van der Waals surface area contributed by atoms with Gasteiger partial charge in [0.1, 0.15) is 22.8 Å². The number of aliphatic hydroxyl groups is 1. The Morgan fingerprint density at radius 2 is 1.52 bits per heavy atom. The van der Waals surface area contributed by atoms with E-state index in [1.165, 1.54) is 19.1 Å². The van der Waals surface area contributed by atoms with E-state index in [2.05, 4.69) is 0 Å². The maximum absolute atomic E-state index is 13.4. The van der Waals surface area contributed by atoms with Crippen molar-refractivity contribution in [2.24, 2.45) is 0 Å². The molecule has 4 rings (SSSR count). The van der Waals surface area contributed by atoms with Gasteiger partial charge in [-0.2, -0.15) is 0 Å². The summed E-state index contributed by atoms with van der Waals surface area (Å²) in [5.74, 6) is -1.15. The number of methoxy groups -OCH3 is 2. The average Bonchev–Trinajstić information content (AvgIpc) is 3.08. The van der Waals surface area contributed by atoms with Gasteiger partial charge in [-0.3, -0.25) is 14.5 Å². The van der Waals surface area contributed by atoms with Gasteiger partial charge in [0.15, 0.2) is 0 Å². The van der Waals surface area contributed by atoms with Crippen molar-refractivity contribution >= 4 is 23.1 Å². The fourth-order valence-corrected chi connectivity index (χ4v) is 4.28. The molecule has 0 saturated carbocycles. The van der Waals surface area contributed by atoms with E-state index in [1.54, 1.807) is 24.3 Å². The van der Waals surface area contributed by atoms with Crippen LogP contribution in [0.1, 0.15) is 28.3 Å². The number of carbonyl (C=O) groups excluding carboxylic acids is 2. The number of ether oxygens (including phenoxy) is 2. The van der Waals surface area contributed by atoms with E-state index in [1.807, 2.05) is 56.3 Å². The number of hydrogen-bond donors (Lipinski definition) is 1. The highest BCUT2D eigenvalue weighted by Crippen LogP contribution is 2.45. The molecule has 0 radical (unpaired) electrons. The lowest BCUT2D eigenvalue weighted by atomic mass is 9.92. The second-order valence-electron chi connectivity index (χ2n) is 7.90. The Morgan fingerprint density at radius 1 is 0.879 bits per heavy atom. The zero-order chi connectivity index (χ0) is 23.7. The Kier molecular flexibility index (Phi) is 5.92. The Bertz CT molecular complexity index is 1250. The van der Waals surface area contributed by atoms with E-state index in [0.717, 1.165) is 16.7 Å². The predicted octanol–water partition coefficient (Wildman–Crippen LogP) is 4.95. The van der Waals surface area contributed by atoms with Crippen molar-refractivity contribution < 1.29 is 24.2 Å². The second-order valence-corrected chi connectivity index (χ2v) is 7.90. The van der Waals surface area contributed by atoms with Crippen molar-refractivity contribution in [2.45, 2.75) is 19.9 Å². The molecule has 168 valence electrons. The molecule has 1 atom stereocenters. The average molecular weight is 443 g/mol. The van der Waals surface area contributed by atoms with Gasteiger partial charge in [-0.15, -0.1) is 0 Å². The van der Waals surface area contributed by atoms with Crippen LogP contribution in [-0.2, 0) is 9.59 Å². The number of hydrogen-bond acceptors (Lipinski definition) is 5. The summed E-state index contributed by atoms with van der Waals surface area (Å²) in [5.41, 5.74) is 3.37. The van der Waals surface area contributed by atoms with Crippen molar-refractivity contribution in [2.75, 3.05) is 19.1 Å². The highest BCUT2D eigenvalue weighted by Gasteiger charge is 2.47. The minimum atomic E-state index is -0.817. The van der Waals surface area contributed by atoms with Crippen LogP contribution in [0.2, 0.25) is 0 Å². The highest BCUT2D eigenvalue weighted by atomic mass is 16.5. The van der Waals surface area contributed by atoms with Crippen LogP contribution in [0.25, 0.3) is 5.76 Å². The summed E-state index contributed by atoms with van der Waals surface area (Å²) in [4.78, 5) is 28.2. The van der Waals surface area contributed by atoms with Gasteiger partial charge in [-0.25, -0.2) is 0 Å². The van der Waals surface area contributed by atoms with Gasteiger partial charge >= 0.3 is 0 Å². The minimum absolute atomic E-state index is 0.0152. The van der Waals surface area contributed by atoms with Crippen LogP contribution in [0.3, 0.4) is 0 Å². The summed E-state index contributed by atoms with van der Waals surface area (Å²) < 4.78 is 10.9. The maximum atomic E-state index is 13.4. The molecule has 0 bridgehead atoms. The molecule has 3 aromatic rings. The molecule has 0 aliphatic carbocycles. The van der Waals surface area contributed by atoms with Crippen molar-refractivity contribution in [3.63, 3.8) is 0 Å². The maximum Gasteiger partial charge on any atom is 0.300 e. The number of nitrogens with zero attached hydrogens (tertiary/aromatic N) is 1. The quantitative estimate of drug-likeness (QED) is 0.343. The van der Waals surface area contributed by atoms with Crippen LogP contribution in [0.5, 0.6) is 11.5 Å². The summed E-state index contributed by atoms with van der Waals surface area (Å²) in [6, 6.07) is 19.1. The van der Waals surface area contributed by atoms with Crippen LogP contribution in [0.4, 0.5) is 5.69 Å². The third kappa shape index (κ3) is 3.74. The number of Topliss-reactive ketones (excluding diaryl/α,β-unsaturated/α-hetero) is 1. The van der Waals surface area contributed by atoms with E-state index in [-0.39, 0.29) is 16.9 Å². The molecule has 1 aliphatic rings. The lowest BCUT2D eigenvalue weighted by molar-refractivity contribution is -0.132. The van der Waals surface area contributed by atoms with E-state index < -0.39 is 17.7 Å². The third-order valence-corrected chi connectivity index (χ3v) is 5.87. The molecule has 1 unspecified atom stereocenters. The first-order valence-corrected chi connectivity index (χ1v) is 10.5. The summed E-state index contributed by atoms with van der Waals surface area (Å²) in [5, 5.41) is 11.5. The zero-order valence-electron chi connectivity index (χ0n) is 19.0. The Hall–Kier alpha value is -4.06. The van der Waals surface area contributed by atoms with Gasteiger partial charge in [0.05, 0.1) is 25.8 Å². The fraction of sp³-hybridized carbons (Fsp3) is 0.185. The Labute approximate surface area is 192 Å². The number of aliphatic hydroxyl groups excluding tert-OH is 1. The molecule has 0 spiro atoms. The molecule has 33 heavy (non-hydrogen) atoms. The number of carbonyl (C=O) groups is 2. The number of ketones is 1. The topological polar surface area (TPSA) is 76.1 Å². The highest BCUT2D eigenvalue weighted by molar-refractivity contribution is 6.51. The molecule has 1 aliphatic heterocycles. The summed E-state index contributed by atoms with van der Waals surface area (Å²) >= 11 is 0. The van der Waals surface area contributed by atoms with Gasteiger partial charge in [-0.05, 0) is 54.8 Å². The van der Waals surface area contributed by atoms with Crippen molar-refractivity contribution in [3.8, 4) is 11.5 Å². The molecular weight excluding hydrogens is 418 g/mol. The molecule has 1 fully saturated rings. The van der Waals surface area contributed by atoms with E-state index >= 15 is 0 Å². The number of anilines is 1. The van der Waals surface area contributed by atoms with Gasteiger partial charge in [-0.1, -0.05) is 42.5 Å². The SMILES string of the molecule is COc1cccc(OC)c1/C(O)=C1\C(=O)C(=O)N(c2cccc(C)c2)C1c1ccccc1C. The molecule has 6 nitrogen and oxygen atoms in total. The molecule has 1 heterocycles. The van der Waals surface area contributed by atoms with E-state index in [0.29, 0.717) is 17.2 Å². The van der Waals surface area contributed by atoms with Crippen molar-refractivity contribution in [1.82, 2.24) is 0 Å². The number of rotatable bonds is 5. The zero-order valence-corrected chi connectivity index (χ0v) is 19.0.